The predicted molar refractivity (Wildman–Crippen MR) is 144 cm³/mol. The molecule has 2 bridgehead atoms. The largest absolute Gasteiger partial charge is 0.457 e. The molecule has 1 spiro atoms. The van der Waals surface area contributed by atoms with Crippen molar-refractivity contribution in [3.05, 3.63) is 47.2 Å². The molecular weight excluding hydrogens is 510 g/mol. The number of aromatic nitrogens is 1. The number of hydrogen-bond donors (Lipinski definition) is 2. The summed E-state index contributed by atoms with van der Waals surface area (Å²) in [5.74, 6) is -1.81. The van der Waals surface area contributed by atoms with Crippen LogP contribution in [0.2, 0.25) is 0 Å². The van der Waals surface area contributed by atoms with E-state index in [2.05, 4.69) is 37.0 Å². The van der Waals surface area contributed by atoms with E-state index < -0.39 is 51.6 Å². The second kappa shape index (κ2) is 7.27. The molecule has 4 fully saturated rings. The van der Waals surface area contributed by atoms with Crippen LogP contribution in [0.3, 0.4) is 0 Å². The van der Waals surface area contributed by atoms with E-state index in [0.29, 0.717) is 37.7 Å². The zero-order chi connectivity index (χ0) is 28.1. The van der Waals surface area contributed by atoms with Gasteiger partial charge in [-0.3, -0.25) is 4.79 Å². The molecule has 0 radical (unpaired) electrons. The van der Waals surface area contributed by atoms with Gasteiger partial charge in [0.15, 0.2) is 23.3 Å². The Morgan fingerprint density at radius 2 is 1.85 bits per heavy atom. The van der Waals surface area contributed by atoms with E-state index in [0.717, 1.165) is 17.6 Å². The van der Waals surface area contributed by atoms with E-state index in [4.69, 9.17) is 18.9 Å². The van der Waals surface area contributed by atoms with Crippen LogP contribution in [0.1, 0.15) is 71.1 Å². The molecule has 0 amide bonds. The van der Waals surface area contributed by atoms with Crippen LogP contribution in [0, 0.1) is 11.3 Å². The molecule has 3 heterocycles. The number of hydrogen-bond acceptors (Lipinski definition) is 7. The molecule has 40 heavy (non-hydrogen) atoms. The smallest absolute Gasteiger partial charge is 0.338 e. The minimum atomic E-state index is -1.71. The van der Waals surface area contributed by atoms with E-state index in [1.54, 1.807) is 6.08 Å². The maximum atomic E-state index is 13.5. The lowest BCUT2D eigenvalue weighted by atomic mass is 9.41. The minimum Gasteiger partial charge on any atom is -0.457 e. The van der Waals surface area contributed by atoms with Crippen LogP contribution in [-0.2, 0) is 40.4 Å². The molecule has 1 aromatic carbocycles. The number of esters is 1. The van der Waals surface area contributed by atoms with Crippen LogP contribution >= 0.6 is 0 Å². The summed E-state index contributed by atoms with van der Waals surface area (Å²) in [5.41, 5.74) is -0.960. The van der Waals surface area contributed by atoms with Crippen LogP contribution in [0.15, 0.2) is 35.9 Å². The maximum absolute atomic E-state index is 13.5. The average Bonchev–Trinajstić information content (AvgIpc) is 3.49. The van der Waals surface area contributed by atoms with Gasteiger partial charge in [-0.15, -0.1) is 0 Å². The molecule has 6 aliphatic rings. The summed E-state index contributed by atoms with van der Waals surface area (Å²) in [7, 11) is 1.53. The Morgan fingerprint density at radius 3 is 2.58 bits per heavy atom. The lowest BCUT2D eigenvalue weighted by Crippen LogP contribution is -2.75. The van der Waals surface area contributed by atoms with Crippen molar-refractivity contribution < 1.29 is 33.6 Å². The normalized spacial score (nSPS) is 43.4. The monoisotopic (exact) mass is 547 g/mol. The van der Waals surface area contributed by atoms with Gasteiger partial charge in [0.25, 0.3) is 0 Å². The number of aliphatic hydroxyl groups is 1. The van der Waals surface area contributed by atoms with Gasteiger partial charge in [0.05, 0.1) is 0 Å². The second-order valence-corrected chi connectivity index (χ2v) is 14.0. The number of benzene rings is 1. The first kappa shape index (κ1) is 25.2. The van der Waals surface area contributed by atoms with Crippen molar-refractivity contribution in [3.8, 4) is 0 Å². The highest BCUT2D eigenvalue weighted by Crippen LogP contribution is 2.72. The molecule has 1 saturated heterocycles. The first-order valence-corrected chi connectivity index (χ1v) is 14.6. The highest BCUT2D eigenvalue weighted by molar-refractivity contribution is 5.97. The van der Waals surface area contributed by atoms with Gasteiger partial charge in [0.1, 0.15) is 17.3 Å². The SMILES string of the molecule is COC1(C(=O)O[C@H]2C[C@H]3Cc4c([nH]c5ccccc45)[C@]3(C)[C@@]3(C)CC[C@@]45O[C@H](C(=O)C=C4[C@]23O)C(C)(C)O5)CC1. The van der Waals surface area contributed by atoms with Crippen molar-refractivity contribution in [2.45, 2.75) is 106 Å². The molecule has 8 rings (SSSR count). The Labute approximate surface area is 233 Å². The topological polar surface area (TPSA) is 107 Å². The van der Waals surface area contributed by atoms with Gasteiger partial charge >= 0.3 is 5.97 Å². The van der Waals surface area contributed by atoms with E-state index in [1.807, 2.05) is 19.9 Å². The van der Waals surface area contributed by atoms with Crippen molar-refractivity contribution in [1.29, 1.82) is 0 Å². The molecule has 8 nitrogen and oxygen atoms in total. The summed E-state index contributed by atoms with van der Waals surface area (Å²) >= 11 is 0. The summed E-state index contributed by atoms with van der Waals surface area (Å²) in [6, 6.07) is 8.32. The van der Waals surface area contributed by atoms with E-state index in [-0.39, 0.29) is 11.7 Å². The van der Waals surface area contributed by atoms with Gasteiger partial charge in [-0.1, -0.05) is 32.0 Å². The number of carbonyl (C=O) groups excluding carboxylic acids is 2. The number of fused-ring (bicyclic) bond motifs is 9. The summed E-state index contributed by atoms with van der Waals surface area (Å²) < 4.78 is 24.9. The van der Waals surface area contributed by atoms with Crippen LogP contribution in [0.5, 0.6) is 0 Å². The van der Waals surface area contributed by atoms with Crippen molar-refractivity contribution in [2.24, 2.45) is 11.3 Å². The number of H-pyrrole nitrogens is 1. The van der Waals surface area contributed by atoms with Crippen molar-refractivity contribution in [3.63, 3.8) is 0 Å². The molecule has 2 aliphatic heterocycles. The second-order valence-electron chi connectivity index (χ2n) is 14.0. The predicted octanol–water partition coefficient (Wildman–Crippen LogP) is 4.02. The lowest BCUT2D eigenvalue weighted by Gasteiger charge is -2.67. The first-order valence-electron chi connectivity index (χ1n) is 14.6. The van der Waals surface area contributed by atoms with Gasteiger partial charge in [0, 0.05) is 46.5 Å². The Balaban J connectivity index is 1.33. The average molecular weight is 548 g/mol. The Kier molecular flexibility index (Phi) is 4.58. The molecular formula is C32H37NO7. The standard InChI is InChI=1S/C32H37NO7/c1-27(2)25-21(34)16-22-31(39-25,40-27)13-10-28(3)29(4)17(14-19-18-8-6-7-9-20(18)33-24(19)29)15-23(32(22,28)36)38-26(35)30(37-5)11-12-30/h6-9,16-17,23,25,33,36H,10-15H2,1-5H3/t17-,23+,25-,28-,29-,31+,32+/m1/s1. The summed E-state index contributed by atoms with van der Waals surface area (Å²) in [5, 5.41) is 14.5. The Hall–Kier alpha value is -2.52. The number of carbonyl (C=O) groups is 2. The highest BCUT2D eigenvalue weighted by atomic mass is 16.8. The molecule has 0 unspecified atom stereocenters. The number of nitrogens with one attached hydrogen (secondary N) is 1. The fourth-order valence-corrected chi connectivity index (χ4v) is 9.37. The van der Waals surface area contributed by atoms with Crippen LogP contribution in [-0.4, -0.2) is 63.8 Å². The third kappa shape index (κ3) is 2.64. The number of para-hydroxylation sites is 1. The van der Waals surface area contributed by atoms with E-state index in [1.165, 1.54) is 18.1 Å². The molecule has 4 aliphatic carbocycles. The van der Waals surface area contributed by atoms with Gasteiger partial charge in [-0.2, -0.15) is 0 Å². The first-order chi connectivity index (χ1) is 18.9. The third-order valence-electron chi connectivity index (χ3n) is 12.0. The van der Waals surface area contributed by atoms with Crippen LogP contribution in [0.4, 0.5) is 0 Å². The molecule has 3 saturated carbocycles. The third-order valence-corrected chi connectivity index (χ3v) is 12.0. The molecule has 1 aromatic heterocycles. The lowest BCUT2D eigenvalue weighted by molar-refractivity contribution is -0.279. The highest BCUT2D eigenvalue weighted by Gasteiger charge is 2.78. The fraction of sp³-hybridized carbons (Fsp3) is 0.625. The Bertz CT molecular complexity index is 1530. The molecule has 2 aromatic rings. The fourth-order valence-electron chi connectivity index (χ4n) is 9.37. The Morgan fingerprint density at radius 1 is 1.10 bits per heavy atom. The van der Waals surface area contributed by atoms with Crippen molar-refractivity contribution in [1.82, 2.24) is 4.98 Å². The number of rotatable bonds is 3. The molecule has 7 atom stereocenters. The van der Waals surface area contributed by atoms with Crippen molar-refractivity contribution >= 4 is 22.7 Å². The van der Waals surface area contributed by atoms with E-state index in [9.17, 15) is 14.7 Å². The quantitative estimate of drug-likeness (QED) is 0.559. The van der Waals surface area contributed by atoms with Gasteiger partial charge in [-0.25, -0.2) is 4.79 Å². The molecule has 8 heteroatoms. The summed E-state index contributed by atoms with van der Waals surface area (Å²) in [4.78, 5) is 30.7. The number of ether oxygens (including phenoxy) is 4. The maximum Gasteiger partial charge on any atom is 0.338 e. The number of methoxy groups -OCH3 is 1. The number of aromatic amines is 1. The van der Waals surface area contributed by atoms with Crippen LogP contribution in [0.25, 0.3) is 10.9 Å². The van der Waals surface area contributed by atoms with Gasteiger partial charge in [0.2, 0.25) is 0 Å². The molecule has 2 N–H and O–H groups in total. The van der Waals surface area contributed by atoms with Gasteiger partial charge < -0.3 is 29.0 Å². The van der Waals surface area contributed by atoms with Crippen molar-refractivity contribution in [2.75, 3.05) is 7.11 Å². The van der Waals surface area contributed by atoms with Gasteiger partial charge in [-0.05, 0) is 69.6 Å². The minimum absolute atomic E-state index is 0.114. The summed E-state index contributed by atoms with van der Waals surface area (Å²) in [6.45, 7) is 8.07. The zero-order valence-electron chi connectivity index (χ0n) is 23.8. The summed E-state index contributed by atoms with van der Waals surface area (Å²) in [6.07, 6.45) is 3.41. The van der Waals surface area contributed by atoms with Crippen LogP contribution < -0.4 is 0 Å². The number of ketones is 1. The van der Waals surface area contributed by atoms with E-state index >= 15 is 0 Å². The zero-order valence-corrected chi connectivity index (χ0v) is 23.8. The molecule has 212 valence electrons.